The highest BCUT2D eigenvalue weighted by molar-refractivity contribution is 8.13. The van der Waals surface area contributed by atoms with Gasteiger partial charge in [0, 0.05) is 11.0 Å². The Morgan fingerprint density at radius 3 is 2.45 bits per heavy atom. The van der Waals surface area contributed by atoms with Crippen molar-refractivity contribution < 1.29 is 4.79 Å². The standard InChI is InChI=1S/C25H20N4OS/c30-24-23-20-13-7-8-14-21(20)26-22(16-15-18-9-3-1-4-10-18)29(23)28-25(27-24)31-17-19-11-5-2-6-12-19/h1-16,22H,17H2,(H,27,28,30)/b16-15+/t22-/m0/s1. The molecule has 0 saturated heterocycles. The van der Waals surface area contributed by atoms with Gasteiger partial charge >= 0.3 is 0 Å². The molecule has 0 aliphatic carbocycles. The predicted molar refractivity (Wildman–Crippen MR) is 125 cm³/mol. The van der Waals surface area contributed by atoms with E-state index in [0.717, 1.165) is 21.9 Å². The van der Waals surface area contributed by atoms with E-state index in [4.69, 9.17) is 10.1 Å². The summed E-state index contributed by atoms with van der Waals surface area (Å²) in [5, 5.41) is 11.6. The van der Waals surface area contributed by atoms with Crippen LogP contribution in [0.25, 0.3) is 11.8 Å². The Hall–Kier alpha value is -3.64. The maximum Gasteiger partial charge on any atom is 0.276 e. The minimum absolute atomic E-state index is 0.161. The summed E-state index contributed by atoms with van der Waals surface area (Å²) in [7, 11) is 0. The second kappa shape index (κ2) is 8.62. The number of thioether (sulfide) groups is 1. The van der Waals surface area contributed by atoms with Gasteiger partial charge in [0.25, 0.3) is 5.91 Å². The molecule has 0 saturated carbocycles. The summed E-state index contributed by atoms with van der Waals surface area (Å²) in [6.45, 7) is 0. The zero-order valence-electron chi connectivity index (χ0n) is 16.7. The second-order valence-electron chi connectivity index (χ2n) is 7.16. The van der Waals surface area contributed by atoms with Crippen LogP contribution in [-0.2, 0) is 10.5 Å². The normalized spacial score (nSPS) is 17.5. The van der Waals surface area contributed by atoms with Crippen LogP contribution in [0.15, 0.2) is 101 Å². The molecule has 31 heavy (non-hydrogen) atoms. The molecule has 0 fully saturated rings. The lowest BCUT2D eigenvalue weighted by molar-refractivity contribution is -0.116. The SMILES string of the molecule is O=C1NC(SCc2ccccc2)=NN2C1=c1ccccc1=N[C@@H]2/C=C/c1ccccc1. The Kier molecular flexibility index (Phi) is 5.37. The van der Waals surface area contributed by atoms with Crippen LogP contribution in [0.1, 0.15) is 11.1 Å². The van der Waals surface area contributed by atoms with Crippen LogP contribution in [0, 0.1) is 0 Å². The molecule has 1 N–H and O–H groups in total. The van der Waals surface area contributed by atoms with Gasteiger partial charge in [0.15, 0.2) is 11.3 Å². The molecule has 5 nitrogen and oxygen atoms in total. The zero-order valence-corrected chi connectivity index (χ0v) is 17.5. The van der Waals surface area contributed by atoms with Gasteiger partial charge in [0.2, 0.25) is 0 Å². The third-order valence-corrected chi connectivity index (χ3v) is 5.96. The molecule has 152 valence electrons. The fraction of sp³-hybridized carbons (Fsp3) is 0.0800. The Bertz CT molecular complexity index is 1290. The van der Waals surface area contributed by atoms with Gasteiger partial charge in [-0.3, -0.25) is 15.1 Å². The number of hydrogen-bond acceptors (Lipinski definition) is 5. The summed E-state index contributed by atoms with van der Waals surface area (Å²) >= 11 is 1.51. The van der Waals surface area contributed by atoms with Gasteiger partial charge in [-0.15, -0.1) is 5.10 Å². The van der Waals surface area contributed by atoms with Gasteiger partial charge in [0.05, 0.1) is 5.36 Å². The van der Waals surface area contributed by atoms with Gasteiger partial charge < -0.3 is 0 Å². The number of carbonyl (C=O) groups is 1. The number of hydrazone groups is 1. The molecule has 0 aromatic heterocycles. The first-order valence-corrected chi connectivity index (χ1v) is 11.0. The average Bonchev–Trinajstić information content (AvgIpc) is 2.82. The topological polar surface area (TPSA) is 57.1 Å². The number of fused-ring (bicyclic) bond motifs is 2. The molecule has 2 aliphatic heterocycles. The minimum atomic E-state index is -0.400. The van der Waals surface area contributed by atoms with Gasteiger partial charge in [-0.25, -0.2) is 5.01 Å². The van der Waals surface area contributed by atoms with E-state index in [9.17, 15) is 4.79 Å². The Morgan fingerprint density at radius 2 is 1.65 bits per heavy atom. The average molecular weight is 425 g/mol. The molecule has 1 atom stereocenters. The quantitative estimate of drug-likeness (QED) is 0.700. The fourth-order valence-electron chi connectivity index (χ4n) is 3.53. The Morgan fingerprint density at radius 1 is 0.935 bits per heavy atom. The molecule has 5 rings (SSSR count). The molecule has 0 spiro atoms. The molecule has 0 unspecified atom stereocenters. The first kappa shape index (κ1) is 19.3. The summed E-state index contributed by atoms with van der Waals surface area (Å²) in [5.74, 6) is 0.562. The minimum Gasteiger partial charge on any atom is -0.298 e. The van der Waals surface area contributed by atoms with Crippen molar-refractivity contribution in [2.45, 2.75) is 11.9 Å². The summed E-state index contributed by atoms with van der Waals surface area (Å²) in [4.78, 5) is 17.9. The van der Waals surface area contributed by atoms with Crippen molar-refractivity contribution in [3.8, 4) is 0 Å². The number of para-hydroxylation sites is 1. The lowest BCUT2D eigenvalue weighted by atomic mass is 10.1. The monoisotopic (exact) mass is 424 g/mol. The number of rotatable bonds is 4. The van der Waals surface area contributed by atoms with Crippen molar-refractivity contribution in [2.24, 2.45) is 10.1 Å². The van der Waals surface area contributed by atoms with Gasteiger partial charge in [0.1, 0.15) is 5.70 Å². The second-order valence-corrected chi connectivity index (χ2v) is 8.12. The van der Waals surface area contributed by atoms with Crippen LogP contribution in [0.3, 0.4) is 0 Å². The third-order valence-electron chi connectivity index (χ3n) is 5.02. The van der Waals surface area contributed by atoms with Gasteiger partial charge in [-0.2, -0.15) is 0 Å². The molecular weight excluding hydrogens is 404 g/mol. The first-order valence-electron chi connectivity index (χ1n) is 10.0. The highest BCUT2D eigenvalue weighted by atomic mass is 32.2. The fourth-order valence-corrected chi connectivity index (χ4v) is 4.34. The lowest BCUT2D eigenvalue weighted by Gasteiger charge is -2.32. The molecule has 3 aromatic carbocycles. The largest absolute Gasteiger partial charge is 0.298 e. The van der Waals surface area contributed by atoms with Crippen molar-refractivity contribution in [1.29, 1.82) is 0 Å². The van der Waals surface area contributed by atoms with E-state index in [1.807, 2.05) is 84.9 Å². The van der Waals surface area contributed by atoms with Crippen LogP contribution in [0.4, 0.5) is 0 Å². The van der Waals surface area contributed by atoms with E-state index < -0.39 is 6.17 Å². The summed E-state index contributed by atoms with van der Waals surface area (Å²) in [6.07, 6.45) is 3.59. The Balaban J connectivity index is 1.51. The number of carbonyl (C=O) groups excluding carboxylic acids is 1. The molecule has 2 heterocycles. The number of amides is 1. The maximum absolute atomic E-state index is 13.1. The van der Waals surface area contributed by atoms with E-state index in [-0.39, 0.29) is 5.91 Å². The van der Waals surface area contributed by atoms with Crippen LogP contribution < -0.4 is 15.9 Å². The molecule has 6 heteroatoms. The highest BCUT2D eigenvalue weighted by Crippen LogP contribution is 2.23. The first-order chi connectivity index (χ1) is 15.3. The molecule has 0 bridgehead atoms. The van der Waals surface area contributed by atoms with E-state index in [0.29, 0.717) is 10.9 Å². The van der Waals surface area contributed by atoms with E-state index in [2.05, 4.69) is 17.4 Å². The summed E-state index contributed by atoms with van der Waals surface area (Å²) in [6, 6.07) is 27.9. The number of nitrogens with one attached hydrogen (secondary N) is 1. The molecule has 3 aromatic rings. The molecule has 2 aliphatic rings. The van der Waals surface area contributed by atoms with Gasteiger partial charge in [-0.1, -0.05) is 96.7 Å². The van der Waals surface area contributed by atoms with Crippen LogP contribution in [0.2, 0.25) is 0 Å². The van der Waals surface area contributed by atoms with E-state index in [1.54, 1.807) is 5.01 Å². The highest BCUT2D eigenvalue weighted by Gasteiger charge is 2.32. The van der Waals surface area contributed by atoms with Gasteiger partial charge in [-0.05, 0) is 23.3 Å². The van der Waals surface area contributed by atoms with Crippen LogP contribution in [0.5, 0.6) is 0 Å². The molecular formula is C25H20N4OS. The number of nitrogens with zero attached hydrogens (tertiary/aromatic N) is 3. The third kappa shape index (κ3) is 4.15. The summed E-state index contributed by atoms with van der Waals surface area (Å²) in [5.41, 5.74) is 2.77. The molecule has 1 amide bonds. The van der Waals surface area contributed by atoms with Crippen molar-refractivity contribution in [3.05, 3.63) is 113 Å². The van der Waals surface area contributed by atoms with E-state index >= 15 is 0 Å². The number of hydrogen-bond donors (Lipinski definition) is 1. The maximum atomic E-state index is 13.1. The smallest absolute Gasteiger partial charge is 0.276 e. The number of benzene rings is 3. The Labute approximate surface area is 184 Å². The van der Waals surface area contributed by atoms with Crippen molar-refractivity contribution in [3.63, 3.8) is 0 Å². The van der Waals surface area contributed by atoms with Crippen molar-refractivity contribution >= 4 is 34.6 Å². The molecule has 0 radical (unpaired) electrons. The van der Waals surface area contributed by atoms with E-state index in [1.165, 1.54) is 17.3 Å². The number of amidine groups is 1. The zero-order chi connectivity index (χ0) is 21.0. The lowest BCUT2D eigenvalue weighted by Crippen LogP contribution is -2.52. The summed E-state index contributed by atoms with van der Waals surface area (Å²) < 4.78 is 0. The van der Waals surface area contributed by atoms with Crippen LogP contribution >= 0.6 is 11.8 Å². The van der Waals surface area contributed by atoms with Crippen molar-refractivity contribution in [1.82, 2.24) is 10.3 Å². The predicted octanol–water partition coefficient (Wildman–Crippen LogP) is 3.10. The van der Waals surface area contributed by atoms with Crippen molar-refractivity contribution in [2.75, 3.05) is 0 Å². The van der Waals surface area contributed by atoms with Crippen LogP contribution in [-0.4, -0.2) is 22.2 Å².